The number of benzene rings is 2. The van der Waals surface area contributed by atoms with Crippen LogP contribution in [-0.2, 0) is 14.4 Å². The van der Waals surface area contributed by atoms with Gasteiger partial charge in [0.2, 0.25) is 17.7 Å². The molecule has 8 unspecified atom stereocenters. The highest BCUT2D eigenvalue weighted by molar-refractivity contribution is 6.22. The number of phenols is 2. The molecule has 9 atom stereocenters. The number of carbonyl (C=O) groups excluding carboxylic acids is 3. The van der Waals surface area contributed by atoms with Gasteiger partial charge in [-0.3, -0.25) is 24.2 Å². The lowest BCUT2D eigenvalue weighted by molar-refractivity contribution is -0.128. The highest BCUT2D eigenvalue weighted by Crippen LogP contribution is 2.68. The van der Waals surface area contributed by atoms with Crippen LogP contribution in [0.4, 0.5) is 11.4 Å². The van der Waals surface area contributed by atoms with Crippen molar-refractivity contribution >= 4 is 29.1 Å². The number of fused-ring (bicyclic) bond motifs is 8. The highest BCUT2D eigenvalue weighted by Gasteiger charge is 2.71. The van der Waals surface area contributed by atoms with Gasteiger partial charge in [0, 0.05) is 17.5 Å². The summed E-state index contributed by atoms with van der Waals surface area (Å²) >= 11 is 0. The van der Waals surface area contributed by atoms with Gasteiger partial charge in [-0.15, -0.1) is 0 Å². The lowest BCUT2D eigenvalue weighted by atomic mass is 9.57. The molecule has 2 saturated heterocycles. The minimum Gasteiger partial charge on any atom is -0.508 e. The van der Waals surface area contributed by atoms with Crippen molar-refractivity contribution in [2.45, 2.75) is 19.6 Å². The first-order valence-electron chi connectivity index (χ1n) is 12.5. The highest BCUT2D eigenvalue weighted by atomic mass is 16.3. The van der Waals surface area contributed by atoms with Crippen LogP contribution in [0.2, 0.25) is 0 Å². The lowest BCUT2D eigenvalue weighted by Crippen LogP contribution is -2.47. The maximum atomic E-state index is 13.7. The Bertz CT molecular complexity index is 1330. The number of hydrogen-bond acceptors (Lipinski definition) is 6. The van der Waals surface area contributed by atoms with Crippen molar-refractivity contribution in [3.8, 4) is 11.5 Å². The minimum absolute atomic E-state index is 0.00934. The number of phenolic OH excluding ortho intramolecular Hbond substituents is 2. The third-order valence-electron chi connectivity index (χ3n) is 9.31. The molecule has 5 aliphatic rings. The first kappa shape index (κ1) is 21.6. The quantitative estimate of drug-likeness (QED) is 0.444. The second kappa shape index (κ2) is 7.20. The van der Waals surface area contributed by atoms with Gasteiger partial charge in [0.15, 0.2) is 0 Å². The van der Waals surface area contributed by atoms with E-state index in [2.05, 4.69) is 6.08 Å². The molecule has 8 heteroatoms. The van der Waals surface area contributed by atoms with E-state index in [0.717, 1.165) is 5.57 Å². The Kier molecular flexibility index (Phi) is 4.32. The molecular formula is C28H26N2O6. The molecule has 2 aromatic rings. The van der Waals surface area contributed by atoms with E-state index >= 15 is 0 Å². The fraction of sp³-hybridized carbons (Fsp3) is 0.393. The lowest BCUT2D eigenvalue weighted by Gasteiger charge is -2.45. The molecule has 3 aliphatic carbocycles. The van der Waals surface area contributed by atoms with Crippen molar-refractivity contribution in [1.82, 2.24) is 0 Å². The number of hydrogen-bond donors (Lipinski definition) is 3. The average Bonchev–Trinajstić information content (AvgIpc) is 3.35. The third kappa shape index (κ3) is 2.60. The number of aliphatic hydroxyl groups excluding tert-OH is 1. The number of imide groups is 1. The SMILES string of the molecule is CC1C=C2C(CC3C4C(=O)N(c5ccc(O)cc5)C(O)C4[C@@H]23)C2C(=O)N(c3ccc(O)cc3)C(=O)C12. The van der Waals surface area contributed by atoms with Crippen LogP contribution < -0.4 is 9.80 Å². The smallest absolute Gasteiger partial charge is 0.238 e. The molecule has 8 nitrogen and oxygen atoms in total. The fourth-order valence-electron chi connectivity index (χ4n) is 7.93. The average molecular weight is 487 g/mol. The van der Waals surface area contributed by atoms with Crippen molar-refractivity contribution in [2.24, 2.45) is 47.3 Å². The first-order valence-corrected chi connectivity index (χ1v) is 12.5. The normalized spacial score (nSPS) is 38.3. The van der Waals surface area contributed by atoms with E-state index < -0.39 is 18.1 Å². The Morgan fingerprint density at radius 2 is 1.33 bits per heavy atom. The number of aromatic hydroxyl groups is 2. The number of anilines is 2. The van der Waals surface area contributed by atoms with Crippen LogP contribution >= 0.6 is 0 Å². The van der Waals surface area contributed by atoms with Crippen molar-refractivity contribution < 1.29 is 29.7 Å². The molecule has 0 aromatic heterocycles. The zero-order valence-electron chi connectivity index (χ0n) is 19.6. The van der Waals surface area contributed by atoms with E-state index in [4.69, 9.17) is 0 Å². The number of aliphatic hydroxyl groups is 1. The monoisotopic (exact) mass is 486 g/mol. The van der Waals surface area contributed by atoms with Crippen LogP contribution in [0.3, 0.4) is 0 Å². The van der Waals surface area contributed by atoms with Gasteiger partial charge >= 0.3 is 0 Å². The van der Waals surface area contributed by atoms with E-state index in [0.29, 0.717) is 17.8 Å². The Balaban J connectivity index is 1.21. The Hall–Kier alpha value is -3.65. The Morgan fingerprint density at radius 3 is 1.97 bits per heavy atom. The van der Waals surface area contributed by atoms with E-state index in [1.807, 2.05) is 6.92 Å². The van der Waals surface area contributed by atoms with E-state index in [1.54, 1.807) is 24.3 Å². The van der Waals surface area contributed by atoms with E-state index in [1.165, 1.54) is 34.1 Å². The number of amides is 3. The van der Waals surface area contributed by atoms with Gasteiger partial charge in [0.1, 0.15) is 17.7 Å². The zero-order valence-corrected chi connectivity index (χ0v) is 19.6. The van der Waals surface area contributed by atoms with Gasteiger partial charge in [-0.1, -0.05) is 18.6 Å². The molecular weight excluding hydrogens is 460 g/mol. The summed E-state index contributed by atoms with van der Waals surface area (Å²) in [7, 11) is 0. The molecule has 7 rings (SSSR count). The summed E-state index contributed by atoms with van der Waals surface area (Å²) in [6.07, 6.45) is 1.80. The van der Waals surface area contributed by atoms with E-state index in [9.17, 15) is 29.7 Å². The summed E-state index contributed by atoms with van der Waals surface area (Å²) in [5.74, 6) is -2.12. The Labute approximate surface area is 207 Å². The van der Waals surface area contributed by atoms with Gasteiger partial charge in [-0.2, -0.15) is 0 Å². The molecule has 4 fully saturated rings. The number of carbonyl (C=O) groups is 3. The van der Waals surface area contributed by atoms with Crippen LogP contribution in [0.15, 0.2) is 60.2 Å². The van der Waals surface area contributed by atoms with Crippen molar-refractivity contribution in [3.63, 3.8) is 0 Å². The molecule has 0 bridgehead atoms. The second-order valence-corrected chi connectivity index (χ2v) is 10.9. The molecule has 2 heterocycles. The largest absolute Gasteiger partial charge is 0.508 e. The third-order valence-corrected chi connectivity index (χ3v) is 9.31. The van der Waals surface area contributed by atoms with Gasteiger partial charge in [0.05, 0.1) is 17.5 Å². The van der Waals surface area contributed by atoms with E-state index in [-0.39, 0.29) is 64.7 Å². The van der Waals surface area contributed by atoms with Crippen molar-refractivity contribution in [3.05, 3.63) is 60.2 Å². The number of nitrogens with zero attached hydrogens (tertiary/aromatic N) is 2. The van der Waals surface area contributed by atoms with Gasteiger partial charge < -0.3 is 15.3 Å². The van der Waals surface area contributed by atoms with Crippen molar-refractivity contribution in [2.75, 3.05) is 9.80 Å². The molecule has 184 valence electrons. The van der Waals surface area contributed by atoms with Crippen LogP contribution in [0.5, 0.6) is 11.5 Å². The minimum atomic E-state index is -0.977. The number of allylic oxidation sites excluding steroid dienone is 2. The molecule has 3 N–H and O–H groups in total. The maximum absolute atomic E-state index is 13.7. The molecule has 3 amide bonds. The summed E-state index contributed by atoms with van der Waals surface area (Å²) in [6, 6.07) is 12.4. The van der Waals surface area contributed by atoms with Crippen LogP contribution in [-0.4, -0.2) is 39.3 Å². The molecule has 2 aromatic carbocycles. The summed E-state index contributed by atoms with van der Waals surface area (Å²) < 4.78 is 0. The first-order chi connectivity index (χ1) is 17.3. The number of rotatable bonds is 2. The second-order valence-electron chi connectivity index (χ2n) is 10.9. The van der Waals surface area contributed by atoms with Gasteiger partial charge in [0.25, 0.3) is 0 Å². The maximum Gasteiger partial charge on any atom is 0.238 e. The van der Waals surface area contributed by atoms with Gasteiger partial charge in [-0.25, -0.2) is 0 Å². The standard InChI is InChI=1S/C28H26N2O6/c1-12-10-17-18(22-20(12)25(33)29(26(22)34)13-2-6-15(31)7-3-13)11-19-21(17)24-23(19)27(35)30(28(24)36)14-4-8-16(32)9-5-14/h2-10,12,18-24,28,31-32,36H,11H2,1H3/t12?,18?,19?,20?,21-,22?,23?,24?,28?/m0/s1. The fourth-order valence-corrected chi connectivity index (χ4v) is 7.93. The van der Waals surface area contributed by atoms with Crippen molar-refractivity contribution in [1.29, 1.82) is 0 Å². The topological polar surface area (TPSA) is 118 Å². The predicted molar refractivity (Wildman–Crippen MR) is 128 cm³/mol. The van der Waals surface area contributed by atoms with Gasteiger partial charge in [-0.05, 0) is 78.6 Å². The van der Waals surface area contributed by atoms with Crippen LogP contribution in [0.25, 0.3) is 0 Å². The molecule has 36 heavy (non-hydrogen) atoms. The summed E-state index contributed by atoms with van der Waals surface area (Å²) in [5, 5.41) is 30.5. The summed E-state index contributed by atoms with van der Waals surface area (Å²) in [5.41, 5.74) is 2.13. The molecule has 0 radical (unpaired) electrons. The Morgan fingerprint density at radius 1 is 0.750 bits per heavy atom. The molecule has 0 spiro atoms. The van der Waals surface area contributed by atoms with Crippen LogP contribution in [0.1, 0.15) is 13.3 Å². The summed E-state index contributed by atoms with van der Waals surface area (Å²) in [6.45, 7) is 1.97. The predicted octanol–water partition coefficient (Wildman–Crippen LogP) is 2.64. The summed E-state index contributed by atoms with van der Waals surface area (Å²) in [4.78, 5) is 43.2. The molecule has 2 saturated carbocycles. The zero-order chi connectivity index (χ0) is 25.0. The van der Waals surface area contributed by atoms with Crippen LogP contribution in [0, 0.1) is 47.3 Å². The molecule has 2 aliphatic heterocycles.